The lowest BCUT2D eigenvalue weighted by molar-refractivity contribution is 0.232. The topological polar surface area (TPSA) is 37.8 Å². The van der Waals surface area contributed by atoms with Crippen LogP contribution in [0.25, 0.3) is 0 Å². The van der Waals surface area contributed by atoms with Gasteiger partial charge in [0.2, 0.25) is 0 Å². The van der Waals surface area contributed by atoms with Crippen molar-refractivity contribution in [1.82, 2.24) is 9.97 Å². The van der Waals surface area contributed by atoms with Crippen LogP contribution in [0.1, 0.15) is 57.8 Å². The number of aromatic nitrogens is 2. The number of halogens is 1. The van der Waals surface area contributed by atoms with Crippen molar-refractivity contribution in [3.63, 3.8) is 0 Å². The zero-order valence-corrected chi connectivity index (χ0v) is 13.1. The van der Waals surface area contributed by atoms with Gasteiger partial charge in [-0.05, 0) is 38.0 Å². The Hall–Kier alpha value is -0.830. The molecule has 1 aromatic heterocycles. The van der Waals surface area contributed by atoms with E-state index in [1.54, 1.807) is 0 Å². The number of aryl methyl sites for hydroxylation is 1. The third-order valence-corrected chi connectivity index (χ3v) is 4.50. The van der Waals surface area contributed by atoms with Gasteiger partial charge in [-0.15, -0.1) is 0 Å². The second kappa shape index (κ2) is 5.66. The molecule has 0 saturated heterocycles. The molecule has 3 nitrogen and oxygen atoms in total. The van der Waals surface area contributed by atoms with Gasteiger partial charge in [0.25, 0.3) is 0 Å². The van der Waals surface area contributed by atoms with Crippen molar-refractivity contribution in [3.05, 3.63) is 16.5 Å². The molecule has 106 valence electrons. The highest BCUT2D eigenvalue weighted by Crippen LogP contribution is 2.36. The summed E-state index contributed by atoms with van der Waals surface area (Å²) in [6, 6.07) is 0.516. The average Bonchev–Trinajstić information content (AvgIpc) is 2.37. The fourth-order valence-corrected chi connectivity index (χ4v) is 2.76. The Balaban J connectivity index is 2.09. The molecule has 1 aliphatic carbocycles. The molecule has 0 aliphatic heterocycles. The molecule has 0 atom stereocenters. The summed E-state index contributed by atoms with van der Waals surface area (Å²) in [5, 5.41) is 4.14. The van der Waals surface area contributed by atoms with Crippen LogP contribution in [0.4, 0.5) is 5.82 Å². The molecule has 1 aliphatic rings. The van der Waals surface area contributed by atoms with Crippen LogP contribution in [0, 0.1) is 12.3 Å². The maximum absolute atomic E-state index is 6.17. The van der Waals surface area contributed by atoms with Gasteiger partial charge < -0.3 is 5.32 Å². The van der Waals surface area contributed by atoms with E-state index in [4.69, 9.17) is 11.6 Å². The van der Waals surface area contributed by atoms with Gasteiger partial charge >= 0.3 is 0 Å². The van der Waals surface area contributed by atoms with Crippen LogP contribution in [0.15, 0.2) is 0 Å². The third-order valence-electron chi connectivity index (χ3n) is 4.13. The van der Waals surface area contributed by atoms with E-state index in [1.165, 1.54) is 25.7 Å². The maximum Gasteiger partial charge on any atom is 0.137 e. The first kappa shape index (κ1) is 14.6. The summed E-state index contributed by atoms with van der Waals surface area (Å²) >= 11 is 6.17. The molecule has 1 saturated carbocycles. The number of rotatable bonds is 3. The van der Waals surface area contributed by atoms with Crippen molar-refractivity contribution < 1.29 is 0 Å². The molecule has 0 bridgehead atoms. The fraction of sp³-hybridized carbons (Fsp3) is 0.733. The monoisotopic (exact) mass is 281 g/mol. The van der Waals surface area contributed by atoms with Gasteiger partial charge in [0, 0.05) is 18.0 Å². The molecule has 19 heavy (non-hydrogen) atoms. The van der Waals surface area contributed by atoms with Crippen molar-refractivity contribution in [3.8, 4) is 0 Å². The SMILES string of the molecule is CCc1nc(Cl)c(C)c(NC2CCC(C)(C)CC2)n1. The van der Waals surface area contributed by atoms with Crippen LogP contribution in [0.5, 0.6) is 0 Å². The maximum atomic E-state index is 6.17. The van der Waals surface area contributed by atoms with Gasteiger partial charge in [-0.25, -0.2) is 9.97 Å². The van der Waals surface area contributed by atoms with E-state index < -0.39 is 0 Å². The Morgan fingerprint density at radius 3 is 2.47 bits per heavy atom. The van der Waals surface area contributed by atoms with Gasteiger partial charge in [-0.1, -0.05) is 32.4 Å². The summed E-state index contributed by atoms with van der Waals surface area (Å²) in [6.07, 6.45) is 5.75. The summed E-state index contributed by atoms with van der Waals surface area (Å²) in [4.78, 5) is 8.86. The van der Waals surface area contributed by atoms with E-state index in [2.05, 4.69) is 29.1 Å². The van der Waals surface area contributed by atoms with Gasteiger partial charge in [0.05, 0.1) is 0 Å². The van der Waals surface area contributed by atoms with Crippen LogP contribution in [-0.2, 0) is 6.42 Å². The smallest absolute Gasteiger partial charge is 0.137 e. The highest BCUT2D eigenvalue weighted by Gasteiger charge is 2.27. The molecule has 1 aromatic rings. The Morgan fingerprint density at radius 1 is 1.26 bits per heavy atom. The molecule has 0 aromatic carbocycles. The first-order valence-electron chi connectivity index (χ1n) is 7.21. The van der Waals surface area contributed by atoms with E-state index in [0.717, 1.165) is 23.6 Å². The standard InChI is InChI=1S/C15H24ClN3/c1-5-12-18-13(16)10(2)14(19-12)17-11-6-8-15(3,4)9-7-11/h11H,5-9H2,1-4H3,(H,17,18,19). The minimum atomic E-state index is 0.491. The van der Waals surface area contributed by atoms with Gasteiger partial charge in [-0.3, -0.25) is 0 Å². The summed E-state index contributed by atoms with van der Waals surface area (Å²) in [5.74, 6) is 1.73. The predicted octanol–water partition coefficient (Wildman–Crippen LogP) is 4.38. The normalized spacial score (nSPS) is 19.4. The Bertz CT molecular complexity index is 447. The van der Waals surface area contributed by atoms with Crippen molar-refractivity contribution >= 4 is 17.4 Å². The zero-order valence-electron chi connectivity index (χ0n) is 12.4. The van der Waals surface area contributed by atoms with Crippen LogP contribution in [-0.4, -0.2) is 16.0 Å². The van der Waals surface area contributed by atoms with E-state index in [-0.39, 0.29) is 0 Å². The molecule has 0 spiro atoms. The summed E-state index contributed by atoms with van der Waals surface area (Å²) in [6.45, 7) is 8.74. The summed E-state index contributed by atoms with van der Waals surface area (Å²) in [7, 11) is 0. The summed E-state index contributed by atoms with van der Waals surface area (Å²) in [5.41, 5.74) is 1.45. The molecule has 4 heteroatoms. The molecular formula is C15H24ClN3. The minimum absolute atomic E-state index is 0.491. The first-order valence-corrected chi connectivity index (χ1v) is 7.58. The Labute approximate surface area is 121 Å². The van der Waals surface area contributed by atoms with E-state index in [0.29, 0.717) is 16.6 Å². The van der Waals surface area contributed by atoms with Crippen molar-refractivity contribution in [2.75, 3.05) is 5.32 Å². The quantitative estimate of drug-likeness (QED) is 0.836. The van der Waals surface area contributed by atoms with Crippen LogP contribution in [0.2, 0.25) is 5.15 Å². The lowest BCUT2D eigenvalue weighted by Crippen LogP contribution is -2.30. The van der Waals surface area contributed by atoms with Crippen molar-refractivity contribution in [1.29, 1.82) is 0 Å². The van der Waals surface area contributed by atoms with E-state index in [9.17, 15) is 0 Å². The summed E-state index contributed by atoms with van der Waals surface area (Å²) < 4.78 is 0. The molecule has 0 radical (unpaired) electrons. The molecule has 2 rings (SSSR count). The number of nitrogens with zero attached hydrogens (tertiary/aromatic N) is 2. The second-order valence-corrected chi connectivity index (χ2v) is 6.70. The van der Waals surface area contributed by atoms with E-state index in [1.807, 2.05) is 13.8 Å². The molecule has 1 heterocycles. The molecular weight excluding hydrogens is 258 g/mol. The molecule has 1 N–H and O–H groups in total. The zero-order chi connectivity index (χ0) is 14.0. The highest BCUT2D eigenvalue weighted by atomic mass is 35.5. The van der Waals surface area contributed by atoms with Crippen molar-refractivity contribution in [2.45, 2.75) is 65.8 Å². The molecule has 0 unspecified atom stereocenters. The van der Waals surface area contributed by atoms with E-state index >= 15 is 0 Å². The predicted molar refractivity (Wildman–Crippen MR) is 80.8 cm³/mol. The highest BCUT2D eigenvalue weighted by molar-refractivity contribution is 6.30. The largest absolute Gasteiger partial charge is 0.367 e. The number of hydrogen-bond donors (Lipinski definition) is 1. The van der Waals surface area contributed by atoms with Gasteiger partial charge in [0.15, 0.2) is 0 Å². The fourth-order valence-electron chi connectivity index (χ4n) is 2.57. The lowest BCUT2D eigenvalue weighted by atomic mass is 9.75. The van der Waals surface area contributed by atoms with Gasteiger partial charge in [0.1, 0.15) is 16.8 Å². The minimum Gasteiger partial charge on any atom is -0.367 e. The van der Waals surface area contributed by atoms with Gasteiger partial charge in [-0.2, -0.15) is 0 Å². The third kappa shape index (κ3) is 3.59. The molecule has 0 amide bonds. The Kier molecular flexibility index (Phi) is 4.34. The lowest BCUT2D eigenvalue weighted by Gasteiger charge is -2.35. The molecule has 1 fully saturated rings. The Morgan fingerprint density at radius 2 is 1.89 bits per heavy atom. The second-order valence-electron chi connectivity index (χ2n) is 6.34. The number of hydrogen-bond acceptors (Lipinski definition) is 3. The number of anilines is 1. The van der Waals surface area contributed by atoms with Crippen LogP contribution >= 0.6 is 11.6 Å². The average molecular weight is 282 g/mol. The van der Waals surface area contributed by atoms with Crippen molar-refractivity contribution in [2.24, 2.45) is 5.41 Å². The van der Waals surface area contributed by atoms with Crippen LogP contribution < -0.4 is 5.32 Å². The van der Waals surface area contributed by atoms with Crippen LogP contribution in [0.3, 0.4) is 0 Å². The first-order chi connectivity index (χ1) is 8.91. The number of nitrogens with one attached hydrogen (secondary N) is 1.